The fraction of sp³-hybridized carbons (Fsp3) is 0.417. The van der Waals surface area contributed by atoms with Crippen molar-refractivity contribution in [3.05, 3.63) is 83.9 Å². The number of likely N-dealkylation sites (N-methyl/N-ethyl adjacent to an activating group) is 1. The van der Waals surface area contributed by atoms with E-state index in [1.54, 1.807) is 35.2 Å². The number of nitrogens with two attached hydrogens (primary N) is 1. The number of aliphatic hydroxyl groups is 1. The molecule has 0 spiro atoms. The number of nitrogens with one attached hydrogen (secondary N) is 2. The number of benzene rings is 3. The summed E-state index contributed by atoms with van der Waals surface area (Å²) in [4.78, 5) is 43.0. The molecular weight excluding hydrogens is 582 g/mol. The first kappa shape index (κ1) is 34.5. The molecule has 10 nitrogen and oxygen atoms in total. The summed E-state index contributed by atoms with van der Waals surface area (Å²) in [7, 11) is 2.04. The zero-order valence-electron chi connectivity index (χ0n) is 27.1. The van der Waals surface area contributed by atoms with Gasteiger partial charge >= 0.3 is 0 Å². The molecule has 4 rings (SSSR count). The lowest BCUT2D eigenvalue weighted by molar-refractivity contribution is -0.116. The number of ether oxygens (including phenoxy) is 1. The second-order valence-electron chi connectivity index (χ2n) is 12.2. The Kier molecular flexibility index (Phi) is 12.6. The Morgan fingerprint density at radius 1 is 0.957 bits per heavy atom. The van der Waals surface area contributed by atoms with E-state index in [9.17, 15) is 19.5 Å². The molecule has 246 valence electrons. The van der Waals surface area contributed by atoms with Crippen molar-refractivity contribution in [3.63, 3.8) is 0 Å². The molecule has 0 saturated carbocycles. The third-order valence-corrected chi connectivity index (χ3v) is 8.29. The Labute approximate surface area is 271 Å². The predicted molar refractivity (Wildman–Crippen MR) is 182 cm³/mol. The number of aliphatic hydroxyl groups excluding tert-OH is 1. The lowest BCUT2D eigenvalue weighted by Gasteiger charge is -2.38. The van der Waals surface area contributed by atoms with E-state index in [1.165, 1.54) is 5.56 Å². The van der Waals surface area contributed by atoms with E-state index in [0.29, 0.717) is 67.1 Å². The third-order valence-electron chi connectivity index (χ3n) is 8.29. The van der Waals surface area contributed by atoms with E-state index in [0.717, 1.165) is 6.54 Å². The molecule has 3 atom stereocenters. The quantitative estimate of drug-likeness (QED) is 0.143. The molecule has 3 aromatic rings. The third kappa shape index (κ3) is 9.55. The van der Waals surface area contributed by atoms with Gasteiger partial charge in [0, 0.05) is 38.4 Å². The molecule has 1 heterocycles. The molecule has 46 heavy (non-hydrogen) atoms. The summed E-state index contributed by atoms with van der Waals surface area (Å²) in [5.74, 6) is -0.263. The van der Waals surface area contributed by atoms with Gasteiger partial charge in [0.05, 0.1) is 35.3 Å². The number of rotatable bonds is 14. The number of amides is 3. The smallest absolute Gasteiger partial charge is 0.258 e. The summed E-state index contributed by atoms with van der Waals surface area (Å²) >= 11 is 0. The van der Waals surface area contributed by atoms with Crippen molar-refractivity contribution >= 4 is 34.8 Å². The van der Waals surface area contributed by atoms with Crippen molar-refractivity contribution in [2.24, 2.45) is 5.92 Å². The molecule has 3 amide bonds. The number of carbonyl (C=O) groups is 3. The molecule has 10 heteroatoms. The SMILES string of the molecule is C[C@@H]1CN([C@@H](C)CO)C(=O)c2cccc(NC(=O)CCCCCC(=O)Nc3ccccc3N)c2O[C@@H]1CN(C)Cc1ccccc1. The minimum atomic E-state index is -0.381. The highest BCUT2D eigenvalue weighted by Gasteiger charge is 2.34. The molecule has 0 saturated heterocycles. The molecule has 0 unspecified atom stereocenters. The van der Waals surface area contributed by atoms with Crippen LogP contribution in [0.1, 0.15) is 61.9 Å². The first-order valence-corrected chi connectivity index (χ1v) is 16.0. The highest BCUT2D eigenvalue weighted by Crippen LogP contribution is 2.35. The fourth-order valence-electron chi connectivity index (χ4n) is 5.61. The van der Waals surface area contributed by atoms with Crippen LogP contribution in [0.4, 0.5) is 17.1 Å². The minimum absolute atomic E-state index is 0.0522. The van der Waals surface area contributed by atoms with Crippen LogP contribution < -0.4 is 21.1 Å². The van der Waals surface area contributed by atoms with Gasteiger partial charge in [-0.2, -0.15) is 0 Å². The Hall–Kier alpha value is -4.41. The van der Waals surface area contributed by atoms with Crippen LogP contribution >= 0.6 is 0 Å². The lowest BCUT2D eigenvalue weighted by atomic mass is 9.98. The Bertz CT molecular complexity index is 1470. The summed E-state index contributed by atoms with van der Waals surface area (Å²) < 4.78 is 6.63. The van der Waals surface area contributed by atoms with Gasteiger partial charge in [-0.05, 0) is 56.6 Å². The average Bonchev–Trinajstić information content (AvgIpc) is 3.04. The van der Waals surface area contributed by atoms with E-state index in [2.05, 4.69) is 27.7 Å². The maximum Gasteiger partial charge on any atom is 0.258 e. The number of unbranched alkanes of at least 4 members (excludes halogenated alkanes) is 2. The van der Waals surface area contributed by atoms with Crippen LogP contribution in [-0.4, -0.2) is 71.5 Å². The van der Waals surface area contributed by atoms with Gasteiger partial charge in [0.15, 0.2) is 5.75 Å². The predicted octanol–water partition coefficient (Wildman–Crippen LogP) is 5.15. The highest BCUT2D eigenvalue weighted by atomic mass is 16.5. The van der Waals surface area contributed by atoms with Gasteiger partial charge < -0.3 is 31.1 Å². The van der Waals surface area contributed by atoms with E-state index in [-0.39, 0.29) is 48.8 Å². The zero-order chi connectivity index (χ0) is 33.1. The number of fused-ring (bicyclic) bond motifs is 1. The van der Waals surface area contributed by atoms with Crippen LogP contribution in [0.25, 0.3) is 0 Å². The molecule has 0 aliphatic carbocycles. The normalized spacial score (nSPS) is 17.0. The number of hydrogen-bond acceptors (Lipinski definition) is 7. The second kappa shape index (κ2) is 16.8. The van der Waals surface area contributed by atoms with Crippen LogP contribution in [0.15, 0.2) is 72.8 Å². The summed E-state index contributed by atoms with van der Waals surface area (Å²) in [5.41, 5.74) is 8.99. The average molecular weight is 630 g/mol. The van der Waals surface area contributed by atoms with Gasteiger partial charge in [-0.15, -0.1) is 0 Å². The van der Waals surface area contributed by atoms with Crippen molar-refractivity contribution < 1.29 is 24.2 Å². The van der Waals surface area contributed by atoms with Crippen LogP contribution in [0, 0.1) is 5.92 Å². The minimum Gasteiger partial charge on any atom is -0.486 e. The number of anilines is 3. The zero-order valence-corrected chi connectivity index (χ0v) is 27.1. The highest BCUT2D eigenvalue weighted by molar-refractivity contribution is 6.01. The van der Waals surface area contributed by atoms with E-state index >= 15 is 0 Å². The maximum atomic E-state index is 13.7. The first-order valence-electron chi connectivity index (χ1n) is 16.0. The Morgan fingerprint density at radius 3 is 2.26 bits per heavy atom. The molecule has 0 radical (unpaired) electrons. The van der Waals surface area contributed by atoms with Crippen molar-refractivity contribution in [1.29, 1.82) is 0 Å². The van der Waals surface area contributed by atoms with E-state index in [4.69, 9.17) is 10.5 Å². The van der Waals surface area contributed by atoms with E-state index < -0.39 is 0 Å². The lowest BCUT2D eigenvalue weighted by Crippen LogP contribution is -2.49. The molecule has 1 aliphatic heterocycles. The molecule has 0 fully saturated rings. The van der Waals surface area contributed by atoms with E-state index in [1.807, 2.05) is 51.2 Å². The summed E-state index contributed by atoms with van der Waals surface area (Å²) in [6.07, 6.45) is 2.25. The van der Waals surface area contributed by atoms with Crippen LogP contribution in [0.3, 0.4) is 0 Å². The Morgan fingerprint density at radius 2 is 1.59 bits per heavy atom. The van der Waals surface area contributed by atoms with Crippen molar-refractivity contribution in [2.45, 2.75) is 64.6 Å². The van der Waals surface area contributed by atoms with Crippen molar-refractivity contribution in [3.8, 4) is 5.75 Å². The van der Waals surface area contributed by atoms with Gasteiger partial charge in [-0.3, -0.25) is 19.3 Å². The van der Waals surface area contributed by atoms with Gasteiger partial charge in [-0.25, -0.2) is 0 Å². The maximum absolute atomic E-state index is 13.7. The van der Waals surface area contributed by atoms with Crippen molar-refractivity contribution in [1.82, 2.24) is 9.80 Å². The van der Waals surface area contributed by atoms with Crippen molar-refractivity contribution in [2.75, 3.05) is 43.1 Å². The number of carbonyl (C=O) groups excluding carboxylic acids is 3. The number of nitrogens with zero attached hydrogens (tertiary/aromatic N) is 2. The van der Waals surface area contributed by atoms with Gasteiger partial charge in [0.2, 0.25) is 11.8 Å². The number of hydrogen-bond donors (Lipinski definition) is 4. The fourth-order valence-corrected chi connectivity index (χ4v) is 5.61. The molecule has 0 aromatic heterocycles. The van der Waals surface area contributed by atoms with Crippen LogP contribution in [0.5, 0.6) is 5.75 Å². The Balaban J connectivity index is 1.41. The summed E-state index contributed by atoms with van der Waals surface area (Å²) in [6.45, 7) is 5.47. The monoisotopic (exact) mass is 629 g/mol. The second-order valence-corrected chi connectivity index (χ2v) is 12.2. The summed E-state index contributed by atoms with van der Waals surface area (Å²) in [5, 5.41) is 15.8. The largest absolute Gasteiger partial charge is 0.486 e. The van der Waals surface area contributed by atoms with Crippen LogP contribution in [-0.2, 0) is 16.1 Å². The summed E-state index contributed by atoms with van der Waals surface area (Å²) in [6, 6.07) is 22.1. The molecule has 3 aromatic carbocycles. The topological polar surface area (TPSA) is 137 Å². The molecular formula is C36H47N5O5. The first-order chi connectivity index (χ1) is 22.2. The van der Waals surface area contributed by atoms with Gasteiger partial charge in [-0.1, -0.05) is 61.9 Å². The molecule has 5 N–H and O–H groups in total. The molecule has 0 bridgehead atoms. The van der Waals surface area contributed by atoms with Gasteiger partial charge in [0.25, 0.3) is 5.91 Å². The molecule has 1 aliphatic rings. The van der Waals surface area contributed by atoms with Gasteiger partial charge in [0.1, 0.15) is 6.10 Å². The van der Waals surface area contributed by atoms with Crippen LogP contribution in [0.2, 0.25) is 0 Å². The number of para-hydroxylation sites is 3. The standard InChI is InChI=1S/C36H47N5O5/c1-25-21-41(26(2)24-42)36(45)28-15-12-18-31(35(28)46-32(25)23-40(3)22-27-13-6-4-7-14-27)39-34(44)20-9-5-8-19-33(43)38-30-17-11-10-16-29(30)37/h4,6-7,10-18,25-26,32,42H,5,8-9,19-24,37H2,1-3H3,(H,38,43)(H,39,44)/t25-,26+,32-/m1/s1. The number of nitrogen functional groups attached to an aromatic ring is 1.